The largest absolute Gasteiger partial charge is 0.353 e. The van der Waals surface area contributed by atoms with Gasteiger partial charge in [-0.1, -0.05) is 12.1 Å². The predicted molar refractivity (Wildman–Crippen MR) is 63.8 cm³/mol. The van der Waals surface area contributed by atoms with Crippen molar-refractivity contribution in [1.82, 2.24) is 10.6 Å². The lowest BCUT2D eigenvalue weighted by Gasteiger charge is -2.06. The molecule has 0 unspecified atom stereocenters. The third-order valence-electron chi connectivity index (χ3n) is 2.82. The van der Waals surface area contributed by atoms with Gasteiger partial charge in [-0.25, -0.2) is 8.78 Å². The van der Waals surface area contributed by atoms with Crippen molar-refractivity contribution in [2.75, 3.05) is 6.54 Å². The first kappa shape index (κ1) is 13.0. The van der Waals surface area contributed by atoms with Gasteiger partial charge in [-0.2, -0.15) is 0 Å². The molecule has 3 nitrogen and oxygen atoms in total. The first-order chi connectivity index (χ1) is 8.66. The van der Waals surface area contributed by atoms with Crippen molar-refractivity contribution in [1.29, 1.82) is 0 Å². The van der Waals surface area contributed by atoms with E-state index >= 15 is 0 Å². The van der Waals surface area contributed by atoms with Crippen molar-refractivity contribution in [3.05, 3.63) is 35.4 Å². The molecule has 1 aromatic rings. The third kappa shape index (κ3) is 3.77. The van der Waals surface area contributed by atoms with E-state index in [0.717, 1.165) is 18.9 Å². The van der Waals surface area contributed by atoms with Crippen molar-refractivity contribution in [2.45, 2.75) is 31.8 Å². The fourth-order valence-corrected chi connectivity index (χ4v) is 1.64. The second kappa shape index (κ2) is 5.91. The summed E-state index contributed by atoms with van der Waals surface area (Å²) in [6, 6.07) is 4.44. The Bertz CT molecular complexity index is 433. The van der Waals surface area contributed by atoms with E-state index < -0.39 is 11.6 Å². The molecule has 1 aliphatic carbocycles. The van der Waals surface area contributed by atoms with Gasteiger partial charge in [0, 0.05) is 31.1 Å². The summed E-state index contributed by atoms with van der Waals surface area (Å²) in [5.74, 6) is -1.67. The highest BCUT2D eigenvalue weighted by molar-refractivity contribution is 5.76. The molecule has 0 aromatic heterocycles. The Morgan fingerprint density at radius 1 is 1.33 bits per heavy atom. The number of hydrogen-bond donors (Lipinski definition) is 2. The van der Waals surface area contributed by atoms with Crippen LogP contribution >= 0.6 is 0 Å². The summed E-state index contributed by atoms with van der Waals surface area (Å²) >= 11 is 0. The first-order valence-corrected chi connectivity index (χ1v) is 6.10. The summed E-state index contributed by atoms with van der Waals surface area (Å²) in [4.78, 5) is 11.3. The highest BCUT2D eigenvalue weighted by Crippen LogP contribution is 2.18. The minimum absolute atomic E-state index is 0.00436. The van der Waals surface area contributed by atoms with E-state index in [4.69, 9.17) is 0 Å². The Labute approximate surface area is 105 Å². The molecule has 5 heteroatoms. The number of carbonyl (C=O) groups is 1. The molecule has 0 radical (unpaired) electrons. The number of benzene rings is 1. The Morgan fingerprint density at radius 2 is 2.11 bits per heavy atom. The fourth-order valence-electron chi connectivity index (χ4n) is 1.64. The number of carbonyl (C=O) groups excluding carboxylic acids is 1. The van der Waals surface area contributed by atoms with E-state index in [2.05, 4.69) is 10.6 Å². The van der Waals surface area contributed by atoms with E-state index in [9.17, 15) is 13.6 Å². The Hall–Kier alpha value is -1.49. The maximum atomic E-state index is 13.3. The van der Waals surface area contributed by atoms with Crippen LogP contribution in [0.25, 0.3) is 0 Å². The predicted octanol–water partition coefficient (Wildman–Crippen LogP) is 1.72. The molecule has 0 atom stereocenters. The number of nitrogens with one attached hydrogen (secondary N) is 2. The molecule has 0 aliphatic heterocycles. The van der Waals surface area contributed by atoms with Gasteiger partial charge in [0.1, 0.15) is 0 Å². The number of hydrogen-bond acceptors (Lipinski definition) is 2. The zero-order valence-electron chi connectivity index (χ0n) is 10.0. The van der Waals surface area contributed by atoms with Gasteiger partial charge in [0.15, 0.2) is 11.6 Å². The van der Waals surface area contributed by atoms with Gasteiger partial charge < -0.3 is 10.6 Å². The Kier molecular flexibility index (Phi) is 4.25. The number of halogens is 2. The van der Waals surface area contributed by atoms with Crippen LogP contribution in [0.3, 0.4) is 0 Å². The van der Waals surface area contributed by atoms with Crippen molar-refractivity contribution in [3.8, 4) is 0 Å². The van der Waals surface area contributed by atoms with Gasteiger partial charge in [0.25, 0.3) is 0 Å². The van der Waals surface area contributed by atoms with Crippen LogP contribution < -0.4 is 10.6 Å². The summed E-state index contributed by atoms with van der Waals surface area (Å²) in [5, 5.41) is 5.79. The first-order valence-electron chi connectivity index (χ1n) is 6.10. The lowest BCUT2D eigenvalue weighted by Crippen LogP contribution is -2.29. The zero-order valence-corrected chi connectivity index (χ0v) is 10.0. The van der Waals surface area contributed by atoms with E-state index in [1.54, 1.807) is 0 Å². The van der Waals surface area contributed by atoms with Crippen LogP contribution in [0.15, 0.2) is 18.2 Å². The minimum Gasteiger partial charge on any atom is -0.353 e. The highest BCUT2D eigenvalue weighted by atomic mass is 19.2. The van der Waals surface area contributed by atoms with E-state index in [1.807, 2.05) is 0 Å². The van der Waals surface area contributed by atoms with Crippen molar-refractivity contribution in [3.63, 3.8) is 0 Å². The molecule has 1 aromatic carbocycles. The standard InChI is InChI=1S/C13H16F2N2O/c14-11-3-1-2-9(13(11)15)8-16-7-6-12(18)17-10-4-5-10/h1-3,10,16H,4-8H2,(H,17,18). The van der Waals surface area contributed by atoms with Gasteiger partial charge in [-0.15, -0.1) is 0 Å². The smallest absolute Gasteiger partial charge is 0.221 e. The van der Waals surface area contributed by atoms with Crippen LogP contribution in [0.1, 0.15) is 24.8 Å². The molecular formula is C13H16F2N2O. The van der Waals surface area contributed by atoms with Crippen molar-refractivity contribution in [2.24, 2.45) is 0 Å². The van der Waals surface area contributed by atoms with Crippen LogP contribution in [0, 0.1) is 11.6 Å². The summed E-state index contributed by atoms with van der Waals surface area (Å²) in [5.41, 5.74) is 0.276. The van der Waals surface area contributed by atoms with E-state index in [-0.39, 0.29) is 18.0 Å². The Morgan fingerprint density at radius 3 is 2.83 bits per heavy atom. The van der Waals surface area contributed by atoms with E-state index in [1.165, 1.54) is 12.1 Å². The molecule has 0 saturated heterocycles. The number of rotatable bonds is 6. The molecule has 98 valence electrons. The number of amides is 1. The molecule has 1 saturated carbocycles. The topological polar surface area (TPSA) is 41.1 Å². The molecule has 1 fully saturated rings. The second-order valence-electron chi connectivity index (χ2n) is 4.48. The molecule has 1 aliphatic rings. The summed E-state index contributed by atoms with van der Waals surface area (Å²) < 4.78 is 26.2. The van der Waals surface area contributed by atoms with Gasteiger partial charge >= 0.3 is 0 Å². The van der Waals surface area contributed by atoms with Gasteiger partial charge in [-0.3, -0.25) is 4.79 Å². The molecule has 0 spiro atoms. The average Bonchev–Trinajstić information content (AvgIpc) is 3.13. The molecule has 18 heavy (non-hydrogen) atoms. The SMILES string of the molecule is O=C(CCNCc1cccc(F)c1F)NC1CC1. The molecular weight excluding hydrogens is 238 g/mol. The quantitative estimate of drug-likeness (QED) is 0.759. The maximum absolute atomic E-state index is 13.3. The zero-order chi connectivity index (χ0) is 13.0. The van der Waals surface area contributed by atoms with Gasteiger partial charge in [0.2, 0.25) is 5.91 Å². The van der Waals surface area contributed by atoms with E-state index in [0.29, 0.717) is 19.0 Å². The van der Waals surface area contributed by atoms with Crippen LogP contribution in [0.2, 0.25) is 0 Å². The summed E-state index contributed by atoms with van der Waals surface area (Å²) in [6.45, 7) is 0.675. The van der Waals surface area contributed by atoms with Crippen LogP contribution in [-0.4, -0.2) is 18.5 Å². The van der Waals surface area contributed by atoms with Crippen LogP contribution in [0.4, 0.5) is 8.78 Å². The van der Waals surface area contributed by atoms with Crippen LogP contribution in [-0.2, 0) is 11.3 Å². The average molecular weight is 254 g/mol. The normalized spacial score (nSPS) is 14.6. The second-order valence-corrected chi connectivity index (χ2v) is 4.48. The lowest BCUT2D eigenvalue weighted by molar-refractivity contribution is -0.121. The fraction of sp³-hybridized carbons (Fsp3) is 0.462. The van der Waals surface area contributed by atoms with Gasteiger partial charge in [0.05, 0.1) is 0 Å². The monoisotopic (exact) mass is 254 g/mol. The molecule has 0 heterocycles. The molecule has 1 amide bonds. The van der Waals surface area contributed by atoms with Crippen molar-refractivity contribution >= 4 is 5.91 Å². The van der Waals surface area contributed by atoms with Crippen LogP contribution in [0.5, 0.6) is 0 Å². The van der Waals surface area contributed by atoms with Crippen molar-refractivity contribution < 1.29 is 13.6 Å². The van der Waals surface area contributed by atoms with Gasteiger partial charge in [-0.05, 0) is 18.9 Å². The summed E-state index contributed by atoms with van der Waals surface area (Å²) in [6.07, 6.45) is 2.48. The minimum atomic E-state index is -0.847. The Balaban J connectivity index is 1.68. The molecule has 0 bridgehead atoms. The highest BCUT2D eigenvalue weighted by Gasteiger charge is 2.22. The third-order valence-corrected chi connectivity index (χ3v) is 2.82. The lowest BCUT2D eigenvalue weighted by atomic mass is 10.2. The maximum Gasteiger partial charge on any atom is 0.221 e. The summed E-state index contributed by atoms with van der Waals surface area (Å²) in [7, 11) is 0. The molecule has 2 rings (SSSR count). The molecule has 2 N–H and O–H groups in total.